The fourth-order valence-electron chi connectivity index (χ4n) is 2.24. The molecule has 3 heteroatoms. The zero-order valence-electron chi connectivity index (χ0n) is 12.8. The quantitative estimate of drug-likeness (QED) is 0.620. The van der Waals surface area contributed by atoms with E-state index in [0.29, 0.717) is 13.2 Å². The van der Waals surface area contributed by atoms with Gasteiger partial charge in [-0.3, -0.25) is 0 Å². The predicted molar refractivity (Wildman–Crippen MR) is 81.0 cm³/mol. The lowest BCUT2D eigenvalue weighted by molar-refractivity contribution is 0.257. The third-order valence-corrected chi connectivity index (χ3v) is 3.78. The summed E-state index contributed by atoms with van der Waals surface area (Å²) in [4.78, 5) is 0. The Morgan fingerprint density at radius 1 is 1.10 bits per heavy atom. The van der Waals surface area contributed by atoms with Gasteiger partial charge in [0.25, 0.3) is 0 Å². The van der Waals surface area contributed by atoms with Crippen molar-refractivity contribution in [3.05, 3.63) is 24.3 Å². The van der Waals surface area contributed by atoms with Crippen molar-refractivity contribution in [2.45, 2.75) is 46.5 Å². The van der Waals surface area contributed by atoms with Crippen LogP contribution in [0.2, 0.25) is 0 Å². The first-order chi connectivity index (χ1) is 9.69. The number of rotatable bonds is 9. The molecule has 0 bridgehead atoms. The fourth-order valence-corrected chi connectivity index (χ4v) is 2.24. The highest BCUT2D eigenvalue weighted by atomic mass is 16.5. The average molecular weight is 275 g/mol. The Kier molecular flexibility index (Phi) is 6.93. The van der Waals surface area contributed by atoms with Crippen LogP contribution in [-0.4, -0.2) is 13.2 Å². The van der Waals surface area contributed by atoms with Gasteiger partial charge in [-0.15, -0.1) is 0 Å². The lowest BCUT2D eigenvalue weighted by atomic mass is 9.80. The number of hydrogen-bond donors (Lipinski definition) is 0. The molecule has 0 spiro atoms. The predicted octanol–water partition coefficient (Wildman–Crippen LogP) is 4.57. The van der Waals surface area contributed by atoms with Crippen LogP contribution in [0.3, 0.4) is 0 Å². The zero-order valence-corrected chi connectivity index (χ0v) is 12.8. The molecule has 20 heavy (non-hydrogen) atoms. The third kappa shape index (κ3) is 4.77. The molecular formula is C17H25NO2. The Hall–Kier alpha value is -1.69. The number of hydrogen-bond acceptors (Lipinski definition) is 3. The number of nitriles is 1. The molecule has 0 N–H and O–H groups in total. The van der Waals surface area contributed by atoms with Crippen LogP contribution in [0.25, 0.3) is 0 Å². The van der Waals surface area contributed by atoms with Gasteiger partial charge in [0.1, 0.15) is 11.5 Å². The van der Waals surface area contributed by atoms with Crippen molar-refractivity contribution in [3.63, 3.8) is 0 Å². The SMILES string of the molecule is CCOc1cccc(OCCCC(C#N)(CC)CC)c1. The van der Waals surface area contributed by atoms with Gasteiger partial charge >= 0.3 is 0 Å². The van der Waals surface area contributed by atoms with Crippen molar-refractivity contribution in [1.82, 2.24) is 0 Å². The molecule has 3 nitrogen and oxygen atoms in total. The summed E-state index contributed by atoms with van der Waals surface area (Å²) in [5.41, 5.74) is -0.184. The Morgan fingerprint density at radius 2 is 1.75 bits per heavy atom. The summed E-state index contributed by atoms with van der Waals surface area (Å²) in [6, 6.07) is 10.1. The van der Waals surface area contributed by atoms with Gasteiger partial charge < -0.3 is 9.47 Å². The molecule has 0 atom stereocenters. The number of nitrogens with zero attached hydrogens (tertiary/aromatic N) is 1. The van der Waals surface area contributed by atoms with Crippen molar-refractivity contribution in [2.75, 3.05) is 13.2 Å². The minimum Gasteiger partial charge on any atom is -0.494 e. The average Bonchev–Trinajstić information content (AvgIpc) is 2.49. The summed E-state index contributed by atoms with van der Waals surface area (Å²) in [6.07, 6.45) is 3.59. The van der Waals surface area contributed by atoms with E-state index in [1.165, 1.54) is 0 Å². The second-order valence-electron chi connectivity index (χ2n) is 4.96. The summed E-state index contributed by atoms with van der Waals surface area (Å²) in [5, 5.41) is 9.28. The molecule has 0 fully saturated rings. The van der Waals surface area contributed by atoms with E-state index in [2.05, 4.69) is 19.9 Å². The highest BCUT2D eigenvalue weighted by molar-refractivity contribution is 5.32. The zero-order chi connectivity index (χ0) is 14.8. The molecule has 0 amide bonds. The first-order valence-corrected chi connectivity index (χ1v) is 7.46. The van der Waals surface area contributed by atoms with Gasteiger partial charge in [0, 0.05) is 6.07 Å². The number of benzene rings is 1. The molecule has 0 heterocycles. The topological polar surface area (TPSA) is 42.2 Å². The van der Waals surface area contributed by atoms with Crippen LogP contribution in [0.1, 0.15) is 46.5 Å². The normalized spacial score (nSPS) is 10.9. The van der Waals surface area contributed by atoms with Gasteiger partial charge in [0.2, 0.25) is 0 Å². The van der Waals surface area contributed by atoms with Crippen LogP contribution in [0.15, 0.2) is 24.3 Å². The van der Waals surface area contributed by atoms with Gasteiger partial charge in [0.05, 0.1) is 24.7 Å². The Labute approximate surface area is 122 Å². The van der Waals surface area contributed by atoms with Crippen LogP contribution in [0.4, 0.5) is 0 Å². The lowest BCUT2D eigenvalue weighted by Crippen LogP contribution is -2.17. The minimum absolute atomic E-state index is 0.184. The van der Waals surface area contributed by atoms with Crippen molar-refractivity contribution in [3.8, 4) is 17.6 Å². The Bertz CT molecular complexity index is 433. The van der Waals surface area contributed by atoms with Gasteiger partial charge in [-0.25, -0.2) is 0 Å². The molecule has 1 aromatic rings. The molecule has 0 aliphatic carbocycles. The van der Waals surface area contributed by atoms with E-state index in [9.17, 15) is 5.26 Å². The van der Waals surface area contributed by atoms with Gasteiger partial charge in [-0.1, -0.05) is 19.9 Å². The molecular weight excluding hydrogens is 250 g/mol. The molecule has 110 valence electrons. The van der Waals surface area contributed by atoms with Crippen molar-refractivity contribution < 1.29 is 9.47 Å². The maximum Gasteiger partial charge on any atom is 0.122 e. The summed E-state index contributed by atoms with van der Waals surface area (Å²) >= 11 is 0. The second kappa shape index (κ2) is 8.47. The Morgan fingerprint density at radius 3 is 2.30 bits per heavy atom. The van der Waals surface area contributed by atoms with Crippen LogP contribution < -0.4 is 9.47 Å². The molecule has 0 radical (unpaired) electrons. The van der Waals surface area contributed by atoms with Gasteiger partial charge in [-0.2, -0.15) is 5.26 Å². The van der Waals surface area contributed by atoms with Gasteiger partial charge in [-0.05, 0) is 44.7 Å². The molecule has 0 aliphatic heterocycles. The molecule has 0 saturated heterocycles. The van der Waals surface area contributed by atoms with Gasteiger partial charge in [0.15, 0.2) is 0 Å². The van der Waals surface area contributed by atoms with Crippen LogP contribution >= 0.6 is 0 Å². The van der Waals surface area contributed by atoms with Crippen molar-refractivity contribution in [1.29, 1.82) is 5.26 Å². The fraction of sp³-hybridized carbons (Fsp3) is 0.588. The third-order valence-electron chi connectivity index (χ3n) is 3.78. The maximum atomic E-state index is 9.28. The lowest BCUT2D eigenvalue weighted by Gasteiger charge is -2.23. The second-order valence-corrected chi connectivity index (χ2v) is 4.96. The molecule has 0 unspecified atom stereocenters. The first kappa shape index (κ1) is 16.4. The maximum absolute atomic E-state index is 9.28. The first-order valence-electron chi connectivity index (χ1n) is 7.46. The largest absolute Gasteiger partial charge is 0.494 e. The van der Waals surface area contributed by atoms with E-state index in [-0.39, 0.29) is 5.41 Å². The van der Waals surface area contributed by atoms with E-state index in [0.717, 1.165) is 37.2 Å². The molecule has 1 aromatic carbocycles. The van der Waals surface area contributed by atoms with Crippen LogP contribution in [0.5, 0.6) is 11.5 Å². The van der Waals surface area contributed by atoms with E-state index < -0.39 is 0 Å². The van der Waals surface area contributed by atoms with E-state index in [4.69, 9.17) is 9.47 Å². The highest BCUT2D eigenvalue weighted by Crippen LogP contribution is 2.31. The molecule has 0 aromatic heterocycles. The molecule has 0 aliphatic rings. The summed E-state index contributed by atoms with van der Waals surface area (Å²) in [7, 11) is 0. The smallest absolute Gasteiger partial charge is 0.122 e. The van der Waals surface area contributed by atoms with E-state index in [1.54, 1.807) is 0 Å². The van der Waals surface area contributed by atoms with Crippen LogP contribution in [-0.2, 0) is 0 Å². The monoisotopic (exact) mass is 275 g/mol. The number of ether oxygens (including phenoxy) is 2. The molecule has 0 saturated carbocycles. The molecule has 1 rings (SSSR count). The van der Waals surface area contributed by atoms with Crippen LogP contribution in [0, 0.1) is 16.7 Å². The summed E-state index contributed by atoms with van der Waals surface area (Å²) < 4.78 is 11.2. The van der Waals surface area contributed by atoms with E-state index in [1.807, 2.05) is 31.2 Å². The Balaban J connectivity index is 2.41. The summed E-state index contributed by atoms with van der Waals surface area (Å²) in [6.45, 7) is 7.42. The highest BCUT2D eigenvalue weighted by Gasteiger charge is 2.24. The van der Waals surface area contributed by atoms with Crippen molar-refractivity contribution >= 4 is 0 Å². The van der Waals surface area contributed by atoms with Crippen molar-refractivity contribution in [2.24, 2.45) is 5.41 Å². The van der Waals surface area contributed by atoms with E-state index >= 15 is 0 Å². The summed E-state index contributed by atoms with van der Waals surface area (Å²) in [5.74, 6) is 1.66. The standard InChI is InChI=1S/C17H25NO2/c1-4-17(5-2,14-18)11-8-12-20-16-10-7-9-15(13-16)19-6-3/h7,9-10,13H,4-6,8,11-12H2,1-3H3. The minimum atomic E-state index is -0.184.